The van der Waals surface area contributed by atoms with Crippen molar-refractivity contribution in [1.29, 1.82) is 0 Å². The van der Waals surface area contributed by atoms with Crippen molar-refractivity contribution in [3.8, 4) is 0 Å². The number of Topliss-reactive ketones (excluding diaryl/α,β-unsaturated/α-hetero) is 1. The Bertz CT molecular complexity index is 552. The molecule has 0 atom stereocenters. The number of carbonyl (C=O) groups excluding carboxylic acids is 1. The van der Waals surface area contributed by atoms with Crippen LogP contribution in [0.25, 0.3) is 10.9 Å². The normalized spacial score (nSPS) is 10.5. The van der Waals surface area contributed by atoms with Crippen LogP contribution >= 0.6 is 11.6 Å². The molecule has 4 heteroatoms. The first-order valence-electron chi connectivity index (χ1n) is 4.45. The number of fused-ring (bicyclic) bond motifs is 1. The number of pyridine rings is 1. The average molecular weight is 221 g/mol. The van der Waals surface area contributed by atoms with Gasteiger partial charge < -0.3 is 5.73 Å². The molecule has 0 bridgehead atoms. The Kier molecular flexibility index (Phi) is 2.32. The molecule has 2 rings (SSSR count). The first-order chi connectivity index (χ1) is 7.11. The van der Waals surface area contributed by atoms with Crippen LogP contribution in [0.15, 0.2) is 24.4 Å². The maximum atomic E-state index is 11.4. The largest absolute Gasteiger partial charge is 0.397 e. The fourth-order valence-corrected chi connectivity index (χ4v) is 1.72. The van der Waals surface area contributed by atoms with Gasteiger partial charge in [-0.15, -0.1) is 0 Å². The quantitative estimate of drug-likeness (QED) is 0.594. The number of carbonyl (C=O) groups is 1. The number of halogens is 1. The molecule has 1 aromatic heterocycles. The fourth-order valence-electron chi connectivity index (χ4n) is 1.51. The SMILES string of the molecule is CC(=O)c1cc(Cl)c(N)c2cccnc12. The average Bonchev–Trinajstić information content (AvgIpc) is 2.23. The predicted molar refractivity (Wildman–Crippen MR) is 61.2 cm³/mol. The number of rotatable bonds is 1. The zero-order valence-corrected chi connectivity index (χ0v) is 8.88. The number of hydrogen-bond donors (Lipinski definition) is 1. The van der Waals surface area contributed by atoms with Crippen LogP contribution in [0.5, 0.6) is 0 Å². The molecule has 0 aliphatic heterocycles. The molecule has 1 heterocycles. The van der Waals surface area contributed by atoms with Crippen molar-refractivity contribution in [3.63, 3.8) is 0 Å². The van der Waals surface area contributed by atoms with E-state index in [4.69, 9.17) is 17.3 Å². The summed E-state index contributed by atoms with van der Waals surface area (Å²) >= 11 is 5.93. The first-order valence-corrected chi connectivity index (χ1v) is 4.82. The summed E-state index contributed by atoms with van der Waals surface area (Å²) in [6, 6.07) is 5.13. The van der Waals surface area contributed by atoms with E-state index >= 15 is 0 Å². The molecule has 0 amide bonds. The summed E-state index contributed by atoms with van der Waals surface area (Å²) < 4.78 is 0. The van der Waals surface area contributed by atoms with E-state index in [1.54, 1.807) is 24.4 Å². The maximum absolute atomic E-state index is 11.4. The lowest BCUT2D eigenvalue weighted by atomic mass is 10.1. The molecular formula is C11H9ClN2O. The Morgan fingerprint density at radius 1 is 1.53 bits per heavy atom. The molecule has 1 aromatic carbocycles. The van der Waals surface area contributed by atoms with Crippen molar-refractivity contribution in [2.24, 2.45) is 0 Å². The smallest absolute Gasteiger partial charge is 0.162 e. The molecule has 0 radical (unpaired) electrons. The van der Waals surface area contributed by atoms with Crippen LogP contribution in [0.1, 0.15) is 17.3 Å². The Balaban J connectivity index is 2.94. The molecule has 2 N–H and O–H groups in total. The van der Waals surface area contributed by atoms with Gasteiger partial charge in [0, 0.05) is 17.1 Å². The summed E-state index contributed by atoms with van der Waals surface area (Å²) in [6.07, 6.45) is 1.63. The van der Waals surface area contributed by atoms with Crippen molar-refractivity contribution < 1.29 is 4.79 Å². The summed E-state index contributed by atoms with van der Waals surface area (Å²) in [5.74, 6) is -0.0689. The van der Waals surface area contributed by atoms with Gasteiger partial charge in [0.05, 0.1) is 16.2 Å². The van der Waals surface area contributed by atoms with E-state index in [1.807, 2.05) is 0 Å². The van der Waals surface area contributed by atoms with Gasteiger partial charge in [0.25, 0.3) is 0 Å². The van der Waals surface area contributed by atoms with Crippen molar-refractivity contribution in [2.45, 2.75) is 6.92 Å². The van der Waals surface area contributed by atoms with E-state index in [2.05, 4.69) is 4.98 Å². The second kappa shape index (κ2) is 3.51. The Hall–Kier alpha value is -1.61. The lowest BCUT2D eigenvalue weighted by molar-refractivity contribution is 0.101. The minimum absolute atomic E-state index is 0.0689. The van der Waals surface area contributed by atoms with Gasteiger partial charge in [0.15, 0.2) is 5.78 Å². The lowest BCUT2D eigenvalue weighted by Gasteiger charge is -2.07. The van der Waals surface area contributed by atoms with Crippen LogP contribution < -0.4 is 5.73 Å². The third-order valence-corrected chi connectivity index (χ3v) is 2.57. The topological polar surface area (TPSA) is 56.0 Å². The molecule has 0 saturated heterocycles. The van der Waals surface area contributed by atoms with Crippen LogP contribution in [0, 0.1) is 0 Å². The lowest BCUT2D eigenvalue weighted by Crippen LogP contribution is -1.99. The summed E-state index contributed by atoms with van der Waals surface area (Å²) in [6.45, 7) is 1.48. The third kappa shape index (κ3) is 1.55. The number of nitrogens with zero attached hydrogens (tertiary/aromatic N) is 1. The van der Waals surface area contributed by atoms with Gasteiger partial charge in [-0.25, -0.2) is 0 Å². The standard InChI is InChI=1S/C11H9ClN2O/c1-6(15)8-5-9(12)10(13)7-3-2-4-14-11(7)8/h2-5H,13H2,1H3. The molecule has 0 unspecified atom stereocenters. The maximum Gasteiger partial charge on any atom is 0.162 e. The van der Waals surface area contributed by atoms with Crippen molar-refractivity contribution in [2.75, 3.05) is 5.73 Å². The highest BCUT2D eigenvalue weighted by Crippen LogP contribution is 2.30. The van der Waals surface area contributed by atoms with E-state index in [0.717, 1.165) is 5.39 Å². The summed E-state index contributed by atoms with van der Waals surface area (Å²) in [4.78, 5) is 15.5. The number of anilines is 1. The number of ketones is 1. The van der Waals surface area contributed by atoms with Crippen molar-refractivity contribution >= 4 is 34.0 Å². The monoisotopic (exact) mass is 220 g/mol. The molecule has 76 valence electrons. The number of nitrogen functional groups attached to an aromatic ring is 1. The van der Waals surface area contributed by atoms with Gasteiger partial charge in [-0.3, -0.25) is 9.78 Å². The Morgan fingerprint density at radius 2 is 2.27 bits per heavy atom. The van der Waals surface area contributed by atoms with E-state index in [0.29, 0.717) is 21.8 Å². The number of nitrogens with two attached hydrogens (primary N) is 1. The summed E-state index contributed by atoms with van der Waals surface area (Å²) in [5, 5.41) is 1.11. The predicted octanol–water partition coefficient (Wildman–Crippen LogP) is 2.67. The molecule has 0 fully saturated rings. The second-order valence-corrected chi connectivity index (χ2v) is 3.68. The van der Waals surface area contributed by atoms with E-state index in [1.165, 1.54) is 6.92 Å². The van der Waals surface area contributed by atoms with Gasteiger partial charge in [-0.2, -0.15) is 0 Å². The minimum Gasteiger partial charge on any atom is -0.397 e. The van der Waals surface area contributed by atoms with Crippen molar-refractivity contribution in [3.05, 3.63) is 35.0 Å². The molecular weight excluding hydrogens is 212 g/mol. The Morgan fingerprint density at radius 3 is 2.93 bits per heavy atom. The van der Waals surface area contributed by atoms with E-state index in [-0.39, 0.29) is 5.78 Å². The second-order valence-electron chi connectivity index (χ2n) is 3.28. The molecule has 15 heavy (non-hydrogen) atoms. The van der Waals surface area contributed by atoms with Gasteiger partial charge in [-0.05, 0) is 25.1 Å². The van der Waals surface area contributed by atoms with Crippen LogP contribution in [-0.4, -0.2) is 10.8 Å². The van der Waals surface area contributed by atoms with Gasteiger partial charge in [0.2, 0.25) is 0 Å². The summed E-state index contributed by atoms with van der Waals surface area (Å²) in [7, 11) is 0. The van der Waals surface area contributed by atoms with Crippen molar-refractivity contribution in [1.82, 2.24) is 4.98 Å². The van der Waals surface area contributed by atoms with Crippen LogP contribution in [0.3, 0.4) is 0 Å². The first kappa shape index (κ1) is 9.93. The highest BCUT2D eigenvalue weighted by atomic mass is 35.5. The summed E-state index contributed by atoms with van der Waals surface area (Å²) in [5.41, 5.74) is 7.37. The van der Waals surface area contributed by atoms with E-state index < -0.39 is 0 Å². The van der Waals surface area contributed by atoms with Gasteiger partial charge in [-0.1, -0.05) is 11.6 Å². The highest BCUT2D eigenvalue weighted by Gasteiger charge is 2.11. The molecule has 0 aliphatic carbocycles. The number of aromatic nitrogens is 1. The Labute approximate surface area is 91.9 Å². The molecule has 3 nitrogen and oxygen atoms in total. The zero-order valence-electron chi connectivity index (χ0n) is 8.12. The van der Waals surface area contributed by atoms with Gasteiger partial charge in [0.1, 0.15) is 0 Å². The highest BCUT2D eigenvalue weighted by molar-refractivity contribution is 6.35. The molecule has 2 aromatic rings. The van der Waals surface area contributed by atoms with E-state index in [9.17, 15) is 4.79 Å². The molecule has 0 aliphatic rings. The third-order valence-electron chi connectivity index (χ3n) is 2.26. The molecule has 0 spiro atoms. The minimum atomic E-state index is -0.0689. The number of hydrogen-bond acceptors (Lipinski definition) is 3. The number of benzene rings is 1. The zero-order chi connectivity index (χ0) is 11.0. The van der Waals surface area contributed by atoms with Crippen LogP contribution in [-0.2, 0) is 0 Å². The van der Waals surface area contributed by atoms with Crippen LogP contribution in [0.2, 0.25) is 5.02 Å². The van der Waals surface area contributed by atoms with Crippen LogP contribution in [0.4, 0.5) is 5.69 Å². The molecule has 0 saturated carbocycles. The fraction of sp³-hybridized carbons (Fsp3) is 0.0909. The van der Waals surface area contributed by atoms with Gasteiger partial charge >= 0.3 is 0 Å².